The molecule has 0 spiro atoms. The third-order valence-electron chi connectivity index (χ3n) is 4.01. The van der Waals surface area contributed by atoms with Gasteiger partial charge in [-0.25, -0.2) is 9.78 Å². The van der Waals surface area contributed by atoms with Crippen molar-refractivity contribution in [1.29, 1.82) is 0 Å². The molecule has 4 rings (SSSR count). The number of aryl methyl sites for hydroxylation is 1. The van der Waals surface area contributed by atoms with Gasteiger partial charge < -0.3 is 15.4 Å². The number of aromatic nitrogens is 4. The van der Waals surface area contributed by atoms with Crippen molar-refractivity contribution < 1.29 is 9.53 Å². The van der Waals surface area contributed by atoms with Crippen LogP contribution in [0.5, 0.6) is 11.6 Å². The summed E-state index contributed by atoms with van der Waals surface area (Å²) in [5, 5.41) is 13.7. The lowest BCUT2D eigenvalue weighted by Gasteiger charge is -2.09. The van der Waals surface area contributed by atoms with Crippen LogP contribution in [-0.2, 0) is 0 Å². The summed E-state index contributed by atoms with van der Waals surface area (Å²) in [5.41, 5.74) is 2.45. The lowest BCUT2D eigenvalue weighted by Crippen LogP contribution is -2.19. The zero-order valence-electron chi connectivity index (χ0n) is 15.6. The molecule has 2 aromatic carbocycles. The number of hydrogen-bond donors (Lipinski definition) is 2. The summed E-state index contributed by atoms with van der Waals surface area (Å²) < 4.78 is 7.44. The van der Waals surface area contributed by atoms with Crippen molar-refractivity contribution in [2.24, 2.45) is 0 Å². The molecule has 4 aromatic rings. The highest BCUT2D eigenvalue weighted by molar-refractivity contribution is 5.99. The van der Waals surface area contributed by atoms with Crippen LogP contribution in [0.15, 0.2) is 79.4 Å². The van der Waals surface area contributed by atoms with Crippen LogP contribution >= 0.6 is 0 Å². The van der Waals surface area contributed by atoms with Gasteiger partial charge >= 0.3 is 6.03 Å². The predicted molar refractivity (Wildman–Crippen MR) is 109 cm³/mol. The van der Waals surface area contributed by atoms with Crippen molar-refractivity contribution in [3.8, 4) is 17.4 Å². The second-order valence-corrected chi connectivity index (χ2v) is 6.27. The van der Waals surface area contributed by atoms with Crippen molar-refractivity contribution >= 4 is 17.4 Å². The standard InChI is InChI=1S/C21H18N6O2/c1-15-3-2-4-17(13-15)24-21(28)23-16-5-7-18(8-6-16)29-20-10-9-19(25-26-20)27-12-11-22-14-27/h2-14H,1H3,(H2,23,24,28). The van der Waals surface area contributed by atoms with Crippen LogP contribution in [0.1, 0.15) is 5.56 Å². The molecule has 2 aromatic heterocycles. The van der Waals surface area contributed by atoms with E-state index in [-0.39, 0.29) is 6.03 Å². The Morgan fingerprint density at radius 3 is 2.48 bits per heavy atom. The van der Waals surface area contributed by atoms with Crippen molar-refractivity contribution in [2.45, 2.75) is 6.92 Å². The summed E-state index contributed by atoms with van der Waals surface area (Å²) >= 11 is 0. The normalized spacial score (nSPS) is 10.4. The van der Waals surface area contributed by atoms with E-state index in [2.05, 4.69) is 25.8 Å². The molecule has 8 heteroatoms. The van der Waals surface area contributed by atoms with Crippen molar-refractivity contribution in [3.63, 3.8) is 0 Å². The number of nitrogens with one attached hydrogen (secondary N) is 2. The van der Waals surface area contributed by atoms with E-state index in [1.807, 2.05) is 31.2 Å². The summed E-state index contributed by atoms with van der Waals surface area (Å²) in [6.07, 6.45) is 5.10. The second-order valence-electron chi connectivity index (χ2n) is 6.27. The number of ether oxygens (including phenoxy) is 1. The Hall–Kier alpha value is -4.20. The number of nitrogens with zero attached hydrogens (tertiary/aromatic N) is 4. The maximum atomic E-state index is 12.1. The Bertz CT molecular complexity index is 1090. The lowest BCUT2D eigenvalue weighted by molar-refractivity contribution is 0.262. The Morgan fingerprint density at radius 1 is 0.966 bits per heavy atom. The van der Waals surface area contributed by atoms with E-state index in [1.165, 1.54) is 0 Å². The van der Waals surface area contributed by atoms with E-state index in [4.69, 9.17) is 4.74 Å². The van der Waals surface area contributed by atoms with E-state index in [9.17, 15) is 4.79 Å². The van der Waals surface area contributed by atoms with Gasteiger partial charge in [-0.1, -0.05) is 12.1 Å². The van der Waals surface area contributed by atoms with E-state index in [0.717, 1.165) is 11.3 Å². The molecule has 2 amide bonds. The third kappa shape index (κ3) is 4.75. The van der Waals surface area contributed by atoms with E-state index < -0.39 is 0 Å². The molecule has 144 valence electrons. The van der Waals surface area contributed by atoms with Crippen LogP contribution in [-0.4, -0.2) is 25.8 Å². The maximum absolute atomic E-state index is 12.1. The molecular formula is C21H18N6O2. The minimum absolute atomic E-state index is 0.315. The fraction of sp³-hybridized carbons (Fsp3) is 0.0476. The molecule has 0 aliphatic heterocycles. The highest BCUT2D eigenvalue weighted by Gasteiger charge is 2.05. The van der Waals surface area contributed by atoms with E-state index in [0.29, 0.717) is 23.1 Å². The maximum Gasteiger partial charge on any atom is 0.323 e. The quantitative estimate of drug-likeness (QED) is 0.530. The summed E-state index contributed by atoms with van der Waals surface area (Å²) in [5.74, 6) is 1.60. The Kier molecular flexibility index (Phi) is 5.15. The molecule has 0 aliphatic rings. The minimum Gasteiger partial charge on any atom is -0.438 e. The van der Waals surface area contributed by atoms with Gasteiger partial charge in [0, 0.05) is 29.8 Å². The molecule has 0 fully saturated rings. The molecule has 0 saturated carbocycles. The monoisotopic (exact) mass is 386 g/mol. The van der Waals surface area contributed by atoms with Crippen LogP contribution in [0.2, 0.25) is 0 Å². The van der Waals surface area contributed by atoms with Gasteiger partial charge in [-0.05, 0) is 55.0 Å². The first-order valence-corrected chi connectivity index (χ1v) is 8.90. The highest BCUT2D eigenvalue weighted by Crippen LogP contribution is 2.21. The largest absolute Gasteiger partial charge is 0.438 e. The molecular weight excluding hydrogens is 368 g/mol. The van der Waals surface area contributed by atoms with Crippen LogP contribution in [0.25, 0.3) is 5.82 Å². The number of rotatable bonds is 5. The van der Waals surface area contributed by atoms with Gasteiger partial charge in [-0.2, -0.15) is 0 Å². The zero-order chi connectivity index (χ0) is 20.1. The van der Waals surface area contributed by atoms with Crippen LogP contribution in [0, 0.1) is 6.92 Å². The van der Waals surface area contributed by atoms with Gasteiger partial charge in [0.25, 0.3) is 0 Å². The van der Waals surface area contributed by atoms with E-state index >= 15 is 0 Å². The number of amides is 2. The topological polar surface area (TPSA) is 94.0 Å². The molecule has 8 nitrogen and oxygen atoms in total. The van der Waals surface area contributed by atoms with Crippen LogP contribution in [0.3, 0.4) is 0 Å². The number of urea groups is 1. The number of benzene rings is 2. The summed E-state index contributed by atoms with van der Waals surface area (Å²) in [6, 6.07) is 17.8. The number of anilines is 2. The first kappa shape index (κ1) is 18.2. The fourth-order valence-electron chi connectivity index (χ4n) is 2.64. The fourth-order valence-corrected chi connectivity index (χ4v) is 2.64. The Balaban J connectivity index is 1.34. The van der Waals surface area contributed by atoms with Crippen molar-refractivity contribution in [3.05, 3.63) is 84.9 Å². The number of carbonyl (C=O) groups excluding carboxylic acids is 1. The third-order valence-corrected chi connectivity index (χ3v) is 4.01. The van der Waals surface area contributed by atoms with Gasteiger partial charge in [-0.3, -0.25) is 4.57 Å². The minimum atomic E-state index is -0.315. The first-order chi connectivity index (χ1) is 14.2. The average molecular weight is 386 g/mol. The lowest BCUT2D eigenvalue weighted by atomic mass is 10.2. The SMILES string of the molecule is Cc1cccc(NC(=O)Nc2ccc(Oc3ccc(-n4ccnc4)nn3)cc2)c1. The Labute approximate surface area is 167 Å². The predicted octanol–water partition coefficient (Wildman–Crippen LogP) is 4.41. The first-order valence-electron chi connectivity index (χ1n) is 8.90. The molecule has 0 unspecified atom stereocenters. The smallest absolute Gasteiger partial charge is 0.323 e. The molecule has 2 heterocycles. The van der Waals surface area contributed by atoms with Crippen molar-refractivity contribution in [2.75, 3.05) is 10.6 Å². The van der Waals surface area contributed by atoms with Gasteiger partial charge in [0.05, 0.1) is 0 Å². The molecule has 0 bridgehead atoms. The van der Waals surface area contributed by atoms with Gasteiger partial charge in [0.15, 0.2) is 5.82 Å². The van der Waals surface area contributed by atoms with Crippen LogP contribution < -0.4 is 15.4 Å². The van der Waals surface area contributed by atoms with Crippen molar-refractivity contribution in [1.82, 2.24) is 19.7 Å². The molecule has 29 heavy (non-hydrogen) atoms. The molecule has 0 saturated heterocycles. The highest BCUT2D eigenvalue weighted by atomic mass is 16.5. The van der Waals surface area contributed by atoms with Gasteiger partial charge in [-0.15, -0.1) is 10.2 Å². The Morgan fingerprint density at radius 2 is 1.79 bits per heavy atom. The number of carbonyl (C=O) groups is 1. The molecule has 0 atom stereocenters. The number of hydrogen-bond acceptors (Lipinski definition) is 5. The van der Waals surface area contributed by atoms with Gasteiger partial charge in [0.1, 0.15) is 12.1 Å². The average Bonchev–Trinajstić information content (AvgIpc) is 3.25. The number of imidazole rings is 1. The zero-order valence-corrected chi connectivity index (χ0v) is 15.6. The second kappa shape index (κ2) is 8.22. The molecule has 2 N–H and O–H groups in total. The van der Waals surface area contributed by atoms with Gasteiger partial charge in [0.2, 0.25) is 5.88 Å². The molecule has 0 radical (unpaired) electrons. The summed E-state index contributed by atoms with van der Waals surface area (Å²) in [7, 11) is 0. The molecule has 0 aliphatic carbocycles. The summed E-state index contributed by atoms with van der Waals surface area (Å²) in [6.45, 7) is 1.97. The summed E-state index contributed by atoms with van der Waals surface area (Å²) in [4.78, 5) is 16.1. The van der Waals surface area contributed by atoms with E-state index in [1.54, 1.807) is 59.7 Å². The van der Waals surface area contributed by atoms with Crippen LogP contribution in [0.4, 0.5) is 16.2 Å².